The topological polar surface area (TPSA) is 32.8 Å². The number of carbonyl (C=O) groups excluding carboxylic acids is 1. The fourth-order valence-electron chi connectivity index (χ4n) is 5.02. The highest BCUT2D eigenvalue weighted by molar-refractivity contribution is 5.94. The Hall–Kier alpha value is -2.75. The predicted molar refractivity (Wildman–Crippen MR) is 112 cm³/mol. The third-order valence-corrected chi connectivity index (χ3v) is 6.42. The number of benzene rings is 2. The van der Waals surface area contributed by atoms with E-state index in [1.807, 2.05) is 23.1 Å². The van der Waals surface area contributed by atoms with E-state index in [1.165, 1.54) is 16.7 Å². The molecule has 2 bridgehead atoms. The van der Waals surface area contributed by atoms with Crippen LogP contribution in [0.15, 0.2) is 54.6 Å². The van der Waals surface area contributed by atoms with Gasteiger partial charge in [0.2, 0.25) is 0 Å². The first-order chi connectivity index (χ1) is 13.7. The molecule has 144 valence electrons. The van der Waals surface area contributed by atoms with Gasteiger partial charge in [-0.05, 0) is 67.0 Å². The first-order valence-corrected chi connectivity index (χ1v) is 10.3. The SMILES string of the molecule is COc1ccc(C2=CC3CCC(C2)N3C(=O)N2CCCc3ccccc32)cc1. The van der Waals surface area contributed by atoms with Gasteiger partial charge in [0.05, 0.1) is 13.2 Å². The number of methoxy groups -OCH3 is 1. The fourth-order valence-corrected chi connectivity index (χ4v) is 5.02. The summed E-state index contributed by atoms with van der Waals surface area (Å²) in [5.41, 5.74) is 5.00. The standard InChI is InChI=1S/C24H26N2O2/c1-28-22-12-8-17(9-13-22)19-15-20-10-11-21(16-19)26(20)24(27)25-14-4-6-18-5-2-3-7-23(18)25/h2-3,5,7-9,12-13,15,20-21H,4,6,10-11,14,16H2,1H3. The van der Waals surface area contributed by atoms with Crippen LogP contribution >= 0.6 is 0 Å². The lowest BCUT2D eigenvalue weighted by Gasteiger charge is -2.39. The second-order valence-electron chi connectivity index (χ2n) is 8.00. The Labute approximate surface area is 166 Å². The summed E-state index contributed by atoms with van der Waals surface area (Å²) in [5.74, 6) is 0.878. The van der Waals surface area contributed by atoms with Crippen molar-refractivity contribution >= 4 is 17.3 Å². The Morgan fingerprint density at radius 1 is 1.07 bits per heavy atom. The van der Waals surface area contributed by atoms with Crippen molar-refractivity contribution in [2.45, 2.75) is 44.2 Å². The number of urea groups is 1. The first-order valence-electron chi connectivity index (χ1n) is 10.3. The van der Waals surface area contributed by atoms with E-state index in [4.69, 9.17) is 4.74 Å². The Bertz CT molecular complexity index is 918. The van der Waals surface area contributed by atoms with Crippen molar-refractivity contribution in [2.24, 2.45) is 0 Å². The molecule has 4 heteroatoms. The van der Waals surface area contributed by atoms with Gasteiger partial charge in [-0.3, -0.25) is 4.90 Å². The molecule has 3 aliphatic rings. The van der Waals surface area contributed by atoms with Crippen molar-refractivity contribution in [3.05, 3.63) is 65.7 Å². The molecule has 2 aromatic carbocycles. The van der Waals surface area contributed by atoms with Crippen molar-refractivity contribution in [3.8, 4) is 5.75 Å². The van der Waals surface area contributed by atoms with Crippen LogP contribution in [-0.2, 0) is 6.42 Å². The van der Waals surface area contributed by atoms with Gasteiger partial charge in [0.25, 0.3) is 0 Å². The van der Waals surface area contributed by atoms with Gasteiger partial charge in [-0.2, -0.15) is 0 Å². The highest BCUT2D eigenvalue weighted by atomic mass is 16.5. The zero-order valence-corrected chi connectivity index (χ0v) is 16.3. The molecule has 0 radical (unpaired) electrons. The molecule has 2 aromatic rings. The molecule has 0 N–H and O–H groups in total. The minimum absolute atomic E-state index is 0.185. The lowest BCUT2D eigenvalue weighted by atomic mass is 9.94. The van der Waals surface area contributed by atoms with Crippen LogP contribution in [0.25, 0.3) is 5.57 Å². The number of hydrogen-bond donors (Lipinski definition) is 0. The monoisotopic (exact) mass is 374 g/mol. The van der Waals surface area contributed by atoms with E-state index in [1.54, 1.807) is 7.11 Å². The van der Waals surface area contributed by atoms with Crippen LogP contribution in [0.5, 0.6) is 5.75 Å². The number of nitrogens with zero attached hydrogens (tertiary/aromatic N) is 2. The minimum Gasteiger partial charge on any atom is -0.497 e. The Morgan fingerprint density at radius 2 is 1.89 bits per heavy atom. The largest absolute Gasteiger partial charge is 0.497 e. The van der Waals surface area contributed by atoms with Gasteiger partial charge < -0.3 is 9.64 Å². The molecule has 0 spiro atoms. The average molecular weight is 374 g/mol. The number of fused-ring (bicyclic) bond motifs is 3. The summed E-state index contributed by atoms with van der Waals surface area (Å²) in [7, 11) is 1.69. The van der Waals surface area contributed by atoms with E-state index in [2.05, 4.69) is 41.3 Å². The summed E-state index contributed by atoms with van der Waals surface area (Å²) in [5, 5.41) is 0. The van der Waals surface area contributed by atoms with Crippen LogP contribution in [-0.4, -0.2) is 36.7 Å². The Morgan fingerprint density at radius 3 is 2.68 bits per heavy atom. The molecule has 0 aliphatic carbocycles. The molecular weight excluding hydrogens is 348 g/mol. The zero-order chi connectivity index (χ0) is 19.1. The van der Waals surface area contributed by atoms with Crippen LogP contribution in [0.4, 0.5) is 10.5 Å². The van der Waals surface area contributed by atoms with Crippen molar-refractivity contribution in [3.63, 3.8) is 0 Å². The van der Waals surface area contributed by atoms with Gasteiger partial charge in [0.1, 0.15) is 5.75 Å². The number of para-hydroxylation sites is 1. The summed E-state index contributed by atoms with van der Waals surface area (Å²) in [6.45, 7) is 0.820. The molecule has 0 aromatic heterocycles. The number of hydrogen-bond acceptors (Lipinski definition) is 2. The summed E-state index contributed by atoms with van der Waals surface area (Å²) in [6.07, 6.45) is 7.50. The quantitative estimate of drug-likeness (QED) is 0.750. The van der Waals surface area contributed by atoms with Crippen LogP contribution in [0.3, 0.4) is 0 Å². The van der Waals surface area contributed by atoms with Gasteiger partial charge in [0.15, 0.2) is 0 Å². The van der Waals surface area contributed by atoms with Gasteiger partial charge >= 0.3 is 6.03 Å². The second kappa shape index (κ2) is 7.01. The summed E-state index contributed by atoms with van der Waals surface area (Å²) < 4.78 is 5.28. The number of aryl methyl sites for hydroxylation is 1. The average Bonchev–Trinajstić information content (AvgIpc) is 3.02. The Kier molecular flexibility index (Phi) is 4.34. The van der Waals surface area contributed by atoms with E-state index >= 15 is 0 Å². The number of ether oxygens (including phenoxy) is 1. The van der Waals surface area contributed by atoms with E-state index in [-0.39, 0.29) is 12.1 Å². The van der Waals surface area contributed by atoms with Crippen LogP contribution in [0.1, 0.15) is 36.8 Å². The fraction of sp³-hybridized carbons (Fsp3) is 0.375. The lowest BCUT2D eigenvalue weighted by Crippen LogP contribution is -2.51. The lowest BCUT2D eigenvalue weighted by molar-refractivity contribution is 0.186. The zero-order valence-electron chi connectivity index (χ0n) is 16.3. The third kappa shape index (κ3) is 2.88. The van der Waals surface area contributed by atoms with Gasteiger partial charge in [-0.15, -0.1) is 0 Å². The molecule has 1 fully saturated rings. The highest BCUT2D eigenvalue weighted by Gasteiger charge is 2.42. The van der Waals surface area contributed by atoms with Gasteiger partial charge in [-0.25, -0.2) is 4.79 Å². The molecule has 0 saturated carbocycles. The number of carbonyl (C=O) groups is 1. The van der Waals surface area contributed by atoms with Crippen LogP contribution in [0.2, 0.25) is 0 Å². The van der Waals surface area contributed by atoms with Crippen molar-refractivity contribution < 1.29 is 9.53 Å². The summed E-state index contributed by atoms with van der Waals surface area (Å²) in [6, 6.07) is 17.3. The Balaban J connectivity index is 1.41. The maximum absolute atomic E-state index is 13.5. The van der Waals surface area contributed by atoms with E-state index < -0.39 is 0 Å². The molecule has 3 heterocycles. The van der Waals surface area contributed by atoms with Crippen LogP contribution in [0, 0.1) is 0 Å². The summed E-state index contributed by atoms with van der Waals surface area (Å²) in [4.78, 5) is 17.7. The molecule has 1 saturated heterocycles. The predicted octanol–water partition coefficient (Wildman–Crippen LogP) is 4.89. The molecule has 2 unspecified atom stereocenters. The molecule has 2 atom stereocenters. The minimum atomic E-state index is 0.185. The van der Waals surface area contributed by atoms with Crippen molar-refractivity contribution in [1.29, 1.82) is 0 Å². The smallest absolute Gasteiger partial charge is 0.325 e. The molecule has 28 heavy (non-hydrogen) atoms. The van der Waals surface area contributed by atoms with E-state index in [0.29, 0.717) is 6.04 Å². The van der Waals surface area contributed by atoms with Crippen LogP contribution < -0.4 is 9.64 Å². The third-order valence-electron chi connectivity index (χ3n) is 6.42. The van der Waals surface area contributed by atoms with E-state index in [0.717, 1.165) is 50.1 Å². The maximum Gasteiger partial charge on any atom is 0.325 e. The van der Waals surface area contributed by atoms with Gasteiger partial charge in [0, 0.05) is 18.3 Å². The molecule has 4 nitrogen and oxygen atoms in total. The number of amides is 2. The molecule has 3 aliphatic heterocycles. The second-order valence-corrected chi connectivity index (χ2v) is 8.00. The summed E-state index contributed by atoms with van der Waals surface area (Å²) >= 11 is 0. The number of rotatable bonds is 2. The normalized spacial score (nSPS) is 23.2. The molecule has 2 amide bonds. The van der Waals surface area contributed by atoms with Crippen molar-refractivity contribution in [2.75, 3.05) is 18.6 Å². The molecular formula is C24H26N2O2. The first kappa shape index (κ1) is 17.4. The molecule has 5 rings (SSSR count). The van der Waals surface area contributed by atoms with Crippen molar-refractivity contribution in [1.82, 2.24) is 4.90 Å². The van der Waals surface area contributed by atoms with Gasteiger partial charge in [-0.1, -0.05) is 36.4 Å². The number of anilines is 1. The maximum atomic E-state index is 13.5. The van der Waals surface area contributed by atoms with E-state index in [9.17, 15) is 4.79 Å². The highest BCUT2D eigenvalue weighted by Crippen LogP contribution is 2.40.